The number of benzene rings is 3. The van der Waals surface area contributed by atoms with E-state index in [9.17, 15) is 18.8 Å². The molecule has 2 N–H and O–H groups in total. The van der Waals surface area contributed by atoms with Crippen molar-refractivity contribution in [3.63, 3.8) is 0 Å². The fourth-order valence-electron chi connectivity index (χ4n) is 3.64. The first-order valence-corrected chi connectivity index (χ1v) is 10.5. The maximum absolute atomic E-state index is 13.3. The topological polar surface area (TPSA) is 78.5 Å². The maximum Gasteiger partial charge on any atom is 0.278 e. The Hall–Kier alpha value is -4.26. The van der Waals surface area contributed by atoms with E-state index in [1.807, 2.05) is 6.07 Å². The zero-order valence-corrected chi connectivity index (χ0v) is 18.0. The van der Waals surface area contributed by atoms with Gasteiger partial charge in [-0.2, -0.15) is 0 Å². The summed E-state index contributed by atoms with van der Waals surface area (Å²) < 4.78 is 13.2. The summed E-state index contributed by atoms with van der Waals surface area (Å²) in [4.78, 5) is 39.0. The Labute approximate surface area is 190 Å². The molecule has 3 aromatic rings. The molecule has 0 saturated heterocycles. The van der Waals surface area contributed by atoms with Crippen LogP contribution in [0.5, 0.6) is 0 Å². The molecule has 0 spiro atoms. The van der Waals surface area contributed by atoms with E-state index in [4.69, 9.17) is 0 Å². The number of hydrogen-bond donors (Lipinski definition) is 2. The molecule has 0 unspecified atom stereocenters. The summed E-state index contributed by atoms with van der Waals surface area (Å²) in [6.45, 7) is 1.60. The van der Waals surface area contributed by atoms with Crippen LogP contribution in [0.3, 0.4) is 0 Å². The Kier molecular flexibility index (Phi) is 6.31. The molecular formula is C26H22FN3O3. The Morgan fingerprint density at radius 1 is 0.848 bits per heavy atom. The van der Waals surface area contributed by atoms with Crippen LogP contribution < -0.4 is 10.6 Å². The Bertz CT molecular complexity index is 1220. The van der Waals surface area contributed by atoms with Gasteiger partial charge in [0.05, 0.1) is 5.57 Å². The number of halogens is 1. The van der Waals surface area contributed by atoms with Crippen molar-refractivity contribution >= 4 is 34.7 Å². The van der Waals surface area contributed by atoms with E-state index < -0.39 is 5.91 Å². The molecule has 3 aromatic carbocycles. The van der Waals surface area contributed by atoms with Gasteiger partial charge in [-0.25, -0.2) is 4.39 Å². The van der Waals surface area contributed by atoms with Crippen molar-refractivity contribution in [2.45, 2.75) is 13.3 Å². The van der Waals surface area contributed by atoms with Crippen molar-refractivity contribution in [3.8, 4) is 0 Å². The molecule has 0 atom stereocenters. The van der Waals surface area contributed by atoms with Gasteiger partial charge in [0, 0.05) is 24.8 Å². The lowest BCUT2D eigenvalue weighted by molar-refractivity contribution is -0.136. The normalized spacial score (nSPS) is 13.5. The second-order valence-electron chi connectivity index (χ2n) is 7.64. The van der Waals surface area contributed by atoms with E-state index in [-0.39, 0.29) is 29.9 Å². The van der Waals surface area contributed by atoms with Crippen molar-refractivity contribution in [2.75, 3.05) is 17.2 Å². The summed E-state index contributed by atoms with van der Waals surface area (Å²) in [6, 6.07) is 21.9. The number of hydrogen-bond acceptors (Lipinski definition) is 4. The quantitative estimate of drug-likeness (QED) is 0.536. The van der Waals surface area contributed by atoms with Crippen LogP contribution in [0, 0.1) is 5.82 Å². The molecule has 0 bridgehead atoms. The van der Waals surface area contributed by atoms with Gasteiger partial charge in [0.2, 0.25) is 5.91 Å². The summed E-state index contributed by atoms with van der Waals surface area (Å²) in [7, 11) is 0. The number of nitrogens with one attached hydrogen (secondary N) is 2. The number of carbonyl (C=O) groups is 3. The minimum absolute atomic E-state index is 0.173. The lowest BCUT2D eigenvalue weighted by atomic mass is 10.0. The molecule has 3 amide bonds. The first kappa shape index (κ1) is 22.0. The number of anilines is 2. The van der Waals surface area contributed by atoms with Crippen LogP contribution in [0.25, 0.3) is 5.57 Å². The highest BCUT2D eigenvalue weighted by Gasteiger charge is 2.38. The molecule has 7 heteroatoms. The summed E-state index contributed by atoms with van der Waals surface area (Å²) in [5, 5.41) is 5.78. The zero-order valence-electron chi connectivity index (χ0n) is 18.0. The van der Waals surface area contributed by atoms with Gasteiger partial charge < -0.3 is 10.6 Å². The van der Waals surface area contributed by atoms with Gasteiger partial charge in [0.15, 0.2) is 0 Å². The van der Waals surface area contributed by atoms with Gasteiger partial charge in [-0.15, -0.1) is 0 Å². The zero-order chi connectivity index (χ0) is 23.4. The molecule has 0 saturated carbocycles. The molecule has 0 aromatic heterocycles. The van der Waals surface area contributed by atoms with Crippen LogP contribution in [0.4, 0.5) is 15.8 Å². The fourth-order valence-corrected chi connectivity index (χ4v) is 3.64. The summed E-state index contributed by atoms with van der Waals surface area (Å²) in [5.74, 6) is -1.33. The van der Waals surface area contributed by atoms with E-state index in [1.54, 1.807) is 60.7 Å². The van der Waals surface area contributed by atoms with Crippen LogP contribution in [-0.2, 0) is 20.8 Å². The van der Waals surface area contributed by atoms with Gasteiger partial charge in [-0.3, -0.25) is 19.3 Å². The summed E-state index contributed by atoms with van der Waals surface area (Å²) in [5.41, 5.74) is 3.18. The molecule has 33 heavy (non-hydrogen) atoms. The van der Waals surface area contributed by atoms with Crippen LogP contribution in [0.2, 0.25) is 0 Å². The summed E-state index contributed by atoms with van der Waals surface area (Å²) >= 11 is 0. The van der Waals surface area contributed by atoms with E-state index >= 15 is 0 Å². The van der Waals surface area contributed by atoms with Crippen LogP contribution in [0.1, 0.15) is 18.1 Å². The van der Waals surface area contributed by atoms with Gasteiger partial charge in [-0.1, -0.05) is 42.5 Å². The maximum atomic E-state index is 13.3. The molecule has 166 valence electrons. The number of nitrogens with zero attached hydrogens (tertiary/aromatic N) is 1. The average Bonchev–Trinajstić information content (AvgIpc) is 3.04. The molecular weight excluding hydrogens is 421 g/mol. The van der Waals surface area contributed by atoms with Crippen LogP contribution >= 0.6 is 0 Å². The van der Waals surface area contributed by atoms with E-state index in [2.05, 4.69) is 10.6 Å². The van der Waals surface area contributed by atoms with Gasteiger partial charge >= 0.3 is 0 Å². The molecule has 1 aliphatic rings. The van der Waals surface area contributed by atoms with Gasteiger partial charge in [0.1, 0.15) is 11.5 Å². The third kappa shape index (κ3) is 4.98. The average molecular weight is 443 g/mol. The molecule has 6 nitrogen and oxygen atoms in total. The number of imide groups is 1. The highest BCUT2D eigenvalue weighted by atomic mass is 19.1. The highest BCUT2D eigenvalue weighted by Crippen LogP contribution is 2.31. The van der Waals surface area contributed by atoms with Gasteiger partial charge in [0.25, 0.3) is 11.8 Å². The third-order valence-electron chi connectivity index (χ3n) is 5.24. The Morgan fingerprint density at radius 3 is 2.12 bits per heavy atom. The van der Waals surface area contributed by atoms with Crippen molar-refractivity contribution in [3.05, 3.63) is 102 Å². The second-order valence-corrected chi connectivity index (χ2v) is 7.64. The number of amides is 3. The lowest BCUT2D eigenvalue weighted by Gasteiger charge is -2.15. The van der Waals surface area contributed by atoms with E-state index in [0.29, 0.717) is 28.9 Å². The predicted molar refractivity (Wildman–Crippen MR) is 125 cm³/mol. The molecule has 0 fully saturated rings. The Morgan fingerprint density at radius 2 is 1.48 bits per heavy atom. The molecule has 1 heterocycles. The summed E-state index contributed by atoms with van der Waals surface area (Å²) in [6.07, 6.45) is 0.415. The minimum Gasteiger partial charge on any atom is -0.350 e. The highest BCUT2D eigenvalue weighted by molar-refractivity contribution is 6.36. The fraction of sp³-hybridized carbons (Fsp3) is 0.115. The van der Waals surface area contributed by atoms with Crippen molar-refractivity contribution in [1.82, 2.24) is 4.90 Å². The number of carbonyl (C=O) groups excluding carboxylic acids is 3. The molecule has 4 rings (SSSR count). The van der Waals surface area contributed by atoms with Gasteiger partial charge in [-0.05, 0) is 53.9 Å². The monoisotopic (exact) mass is 443 g/mol. The van der Waals surface area contributed by atoms with Crippen LogP contribution in [-0.4, -0.2) is 29.2 Å². The predicted octanol–water partition coefficient (Wildman–Crippen LogP) is 4.22. The lowest BCUT2D eigenvalue weighted by Crippen LogP contribution is -2.34. The largest absolute Gasteiger partial charge is 0.350 e. The SMILES string of the molecule is CC(=O)Nc1ccc(NC2=C(c3ccccc3)C(=O)N(CCc3ccc(F)cc3)C2=O)cc1. The third-order valence-corrected chi connectivity index (χ3v) is 5.24. The molecule has 0 radical (unpaired) electrons. The first-order valence-electron chi connectivity index (χ1n) is 10.5. The Balaban J connectivity index is 1.60. The van der Waals surface area contributed by atoms with Crippen molar-refractivity contribution in [1.29, 1.82) is 0 Å². The number of rotatable bonds is 7. The van der Waals surface area contributed by atoms with E-state index in [1.165, 1.54) is 24.0 Å². The minimum atomic E-state index is -0.424. The van der Waals surface area contributed by atoms with Crippen molar-refractivity contribution < 1.29 is 18.8 Å². The molecule has 1 aliphatic heterocycles. The van der Waals surface area contributed by atoms with Crippen molar-refractivity contribution in [2.24, 2.45) is 0 Å². The molecule has 0 aliphatic carbocycles. The smallest absolute Gasteiger partial charge is 0.278 e. The standard InChI is InChI=1S/C26H22FN3O3/c1-17(31)28-21-11-13-22(14-12-21)29-24-23(19-5-3-2-4-6-19)25(32)30(26(24)33)16-15-18-7-9-20(27)10-8-18/h2-14,29H,15-16H2,1H3,(H,28,31). The first-order chi connectivity index (χ1) is 15.9. The van der Waals surface area contributed by atoms with Crippen LogP contribution in [0.15, 0.2) is 84.6 Å². The van der Waals surface area contributed by atoms with E-state index in [0.717, 1.165) is 5.56 Å². The second kappa shape index (κ2) is 9.48.